The molecule has 0 saturated carbocycles. The fraction of sp³-hybridized carbons (Fsp3) is 0.0526. The van der Waals surface area contributed by atoms with Crippen molar-refractivity contribution in [1.29, 1.82) is 0 Å². The van der Waals surface area contributed by atoms with Crippen molar-refractivity contribution in [3.8, 4) is 5.75 Å². The number of benzene rings is 3. The van der Waals surface area contributed by atoms with Gasteiger partial charge in [-0.15, -0.1) is 0 Å². The first-order valence-electron chi connectivity index (χ1n) is 7.74. The third-order valence-corrected chi connectivity index (χ3v) is 3.86. The van der Waals surface area contributed by atoms with Crippen molar-refractivity contribution < 1.29 is 14.5 Å². The van der Waals surface area contributed by atoms with Gasteiger partial charge >= 0.3 is 0 Å². The number of nitro groups is 1. The van der Waals surface area contributed by atoms with Gasteiger partial charge in [0.25, 0.3) is 11.6 Å². The molecule has 3 rings (SSSR count). The number of nitrogens with one attached hydrogen (secondary N) is 1. The Morgan fingerprint density at radius 3 is 2.62 bits per heavy atom. The number of hydrazone groups is 1. The molecule has 3 aromatic carbocycles. The summed E-state index contributed by atoms with van der Waals surface area (Å²) in [6, 6.07) is 17.1. The molecule has 7 nitrogen and oxygen atoms in total. The van der Waals surface area contributed by atoms with Gasteiger partial charge in [-0.05, 0) is 22.9 Å². The Morgan fingerprint density at radius 2 is 1.85 bits per heavy atom. The zero-order chi connectivity index (χ0) is 18.5. The van der Waals surface area contributed by atoms with Crippen LogP contribution in [0.2, 0.25) is 0 Å². The van der Waals surface area contributed by atoms with Gasteiger partial charge in [-0.2, -0.15) is 5.10 Å². The van der Waals surface area contributed by atoms with E-state index in [1.54, 1.807) is 13.2 Å². The standard InChI is InChI=1S/C19H15N3O4/c1-26-18-11-10-13-6-2-3-7-14(13)16(18)12-20-21-19(23)15-8-4-5-9-17(15)22(24)25/h2-12H,1H3,(H,21,23)/b20-12-. The van der Waals surface area contributed by atoms with Crippen molar-refractivity contribution in [2.75, 3.05) is 7.11 Å². The Labute approximate surface area is 149 Å². The number of para-hydroxylation sites is 1. The van der Waals surface area contributed by atoms with Crippen molar-refractivity contribution in [1.82, 2.24) is 5.43 Å². The van der Waals surface area contributed by atoms with Crippen LogP contribution in [0.3, 0.4) is 0 Å². The number of rotatable bonds is 5. The lowest BCUT2D eigenvalue weighted by Gasteiger charge is -2.08. The summed E-state index contributed by atoms with van der Waals surface area (Å²) in [6.45, 7) is 0. The lowest BCUT2D eigenvalue weighted by Crippen LogP contribution is -2.19. The number of carbonyl (C=O) groups is 1. The summed E-state index contributed by atoms with van der Waals surface area (Å²) in [7, 11) is 1.55. The highest BCUT2D eigenvalue weighted by Gasteiger charge is 2.18. The minimum atomic E-state index is -0.659. The fourth-order valence-electron chi connectivity index (χ4n) is 2.63. The Hall–Kier alpha value is -3.74. The van der Waals surface area contributed by atoms with Crippen LogP contribution in [-0.4, -0.2) is 24.2 Å². The number of methoxy groups -OCH3 is 1. The molecule has 130 valence electrons. The molecule has 7 heteroatoms. The van der Waals surface area contributed by atoms with Gasteiger partial charge in [-0.25, -0.2) is 5.43 Å². The molecule has 1 amide bonds. The van der Waals surface area contributed by atoms with Crippen molar-refractivity contribution in [2.24, 2.45) is 5.10 Å². The van der Waals surface area contributed by atoms with E-state index in [1.165, 1.54) is 24.4 Å². The molecule has 1 N–H and O–H groups in total. The minimum absolute atomic E-state index is 0.0560. The summed E-state index contributed by atoms with van der Waals surface area (Å²) in [6.07, 6.45) is 1.47. The molecule has 0 saturated heterocycles. The van der Waals surface area contributed by atoms with Crippen molar-refractivity contribution in [2.45, 2.75) is 0 Å². The molecule has 0 aliphatic carbocycles. The van der Waals surface area contributed by atoms with Crippen LogP contribution in [0.4, 0.5) is 5.69 Å². The van der Waals surface area contributed by atoms with E-state index in [4.69, 9.17) is 4.74 Å². The summed E-state index contributed by atoms with van der Waals surface area (Å²) >= 11 is 0. The molecule has 26 heavy (non-hydrogen) atoms. The van der Waals surface area contributed by atoms with E-state index in [0.29, 0.717) is 11.3 Å². The first kappa shape index (κ1) is 17.1. The summed E-state index contributed by atoms with van der Waals surface area (Å²) < 4.78 is 5.35. The first-order valence-corrected chi connectivity index (χ1v) is 7.74. The monoisotopic (exact) mass is 349 g/mol. The zero-order valence-corrected chi connectivity index (χ0v) is 13.9. The van der Waals surface area contributed by atoms with Crippen molar-refractivity contribution in [3.05, 3.63) is 81.9 Å². The third-order valence-electron chi connectivity index (χ3n) is 3.86. The largest absolute Gasteiger partial charge is 0.496 e. The SMILES string of the molecule is COc1ccc2ccccc2c1/C=N\NC(=O)c1ccccc1[N+](=O)[O-]. The first-order chi connectivity index (χ1) is 12.6. The number of fused-ring (bicyclic) bond motifs is 1. The smallest absolute Gasteiger partial charge is 0.282 e. The minimum Gasteiger partial charge on any atom is -0.496 e. The van der Waals surface area contributed by atoms with Gasteiger partial charge in [0.05, 0.1) is 18.2 Å². The lowest BCUT2D eigenvalue weighted by molar-refractivity contribution is -0.385. The van der Waals surface area contributed by atoms with Gasteiger partial charge in [0.15, 0.2) is 0 Å². The quantitative estimate of drug-likeness (QED) is 0.433. The molecular formula is C19H15N3O4. The predicted octanol–water partition coefficient (Wildman–Crippen LogP) is 3.52. The number of hydrogen-bond donors (Lipinski definition) is 1. The van der Waals surface area contributed by atoms with Gasteiger partial charge in [0, 0.05) is 11.6 Å². The van der Waals surface area contributed by atoms with Crippen LogP contribution in [0.25, 0.3) is 10.8 Å². The van der Waals surface area contributed by atoms with Crippen molar-refractivity contribution in [3.63, 3.8) is 0 Å². The molecule has 0 bridgehead atoms. The number of hydrogen-bond acceptors (Lipinski definition) is 5. The highest BCUT2D eigenvalue weighted by molar-refractivity contribution is 6.03. The number of nitro benzene ring substituents is 1. The third kappa shape index (κ3) is 3.36. The molecule has 0 aliphatic heterocycles. The van der Waals surface area contributed by atoms with E-state index in [9.17, 15) is 14.9 Å². The summed E-state index contributed by atoms with van der Waals surface area (Å²) in [5, 5.41) is 16.9. The molecule has 0 spiro atoms. The van der Waals surface area contributed by atoms with Crippen molar-refractivity contribution >= 4 is 28.6 Å². The van der Waals surface area contributed by atoms with E-state index in [0.717, 1.165) is 10.8 Å². The maximum Gasteiger partial charge on any atom is 0.282 e. The van der Waals surface area contributed by atoms with Gasteiger partial charge in [-0.1, -0.05) is 42.5 Å². The van der Waals surface area contributed by atoms with Crippen LogP contribution in [0, 0.1) is 10.1 Å². The van der Waals surface area contributed by atoms with E-state index < -0.39 is 10.8 Å². The van der Waals surface area contributed by atoms with Crippen LogP contribution >= 0.6 is 0 Å². The number of nitrogens with zero attached hydrogens (tertiary/aromatic N) is 2. The Kier molecular flexibility index (Phi) is 4.89. The summed E-state index contributed by atoms with van der Waals surface area (Å²) in [4.78, 5) is 22.6. The van der Waals surface area contributed by atoms with Gasteiger partial charge in [0.1, 0.15) is 11.3 Å². The van der Waals surface area contributed by atoms with Gasteiger partial charge in [0.2, 0.25) is 0 Å². The van der Waals surface area contributed by atoms with E-state index in [-0.39, 0.29) is 11.3 Å². The van der Waals surface area contributed by atoms with Crippen LogP contribution in [0.15, 0.2) is 65.8 Å². The summed E-state index contributed by atoms with van der Waals surface area (Å²) in [5.41, 5.74) is 2.70. The second-order valence-electron chi connectivity index (χ2n) is 5.38. The molecule has 0 atom stereocenters. The second kappa shape index (κ2) is 7.43. The van der Waals surface area contributed by atoms with E-state index in [1.807, 2.05) is 36.4 Å². The van der Waals surface area contributed by atoms with E-state index >= 15 is 0 Å². The Morgan fingerprint density at radius 1 is 1.12 bits per heavy atom. The molecule has 0 radical (unpaired) electrons. The highest BCUT2D eigenvalue weighted by Crippen LogP contribution is 2.26. The average molecular weight is 349 g/mol. The average Bonchev–Trinajstić information content (AvgIpc) is 2.67. The molecule has 0 fully saturated rings. The molecule has 0 unspecified atom stereocenters. The number of amides is 1. The summed E-state index contributed by atoms with van der Waals surface area (Å²) in [5.74, 6) is -0.0554. The van der Waals surface area contributed by atoms with Crippen LogP contribution < -0.4 is 10.2 Å². The zero-order valence-electron chi connectivity index (χ0n) is 13.9. The topological polar surface area (TPSA) is 93.8 Å². The number of carbonyl (C=O) groups excluding carboxylic acids is 1. The molecule has 3 aromatic rings. The molecular weight excluding hydrogens is 334 g/mol. The van der Waals surface area contributed by atoms with Gasteiger partial charge < -0.3 is 4.74 Å². The maximum atomic E-state index is 12.2. The van der Waals surface area contributed by atoms with Crippen LogP contribution in [0.1, 0.15) is 15.9 Å². The molecule has 0 heterocycles. The number of ether oxygens (including phenoxy) is 1. The molecule has 0 aliphatic rings. The second-order valence-corrected chi connectivity index (χ2v) is 5.38. The van der Waals surface area contributed by atoms with Crippen LogP contribution in [0.5, 0.6) is 5.75 Å². The Bertz CT molecular complexity index is 1010. The van der Waals surface area contributed by atoms with Crippen LogP contribution in [-0.2, 0) is 0 Å². The molecule has 0 aromatic heterocycles. The highest BCUT2D eigenvalue weighted by atomic mass is 16.6. The predicted molar refractivity (Wildman–Crippen MR) is 98.7 cm³/mol. The lowest BCUT2D eigenvalue weighted by atomic mass is 10.0. The van der Waals surface area contributed by atoms with Gasteiger partial charge in [-0.3, -0.25) is 14.9 Å². The Balaban J connectivity index is 1.89. The normalized spacial score (nSPS) is 10.8. The maximum absolute atomic E-state index is 12.2. The van der Waals surface area contributed by atoms with E-state index in [2.05, 4.69) is 10.5 Å². The fourth-order valence-corrected chi connectivity index (χ4v) is 2.63.